The van der Waals surface area contributed by atoms with Crippen LogP contribution < -0.4 is 4.74 Å². The Morgan fingerprint density at radius 2 is 1.32 bits per heavy atom. The molecule has 5 atom stereocenters. The van der Waals surface area contributed by atoms with Crippen molar-refractivity contribution in [3.8, 4) is 5.75 Å². The van der Waals surface area contributed by atoms with Crippen LogP contribution in [0.5, 0.6) is 5.75 Å². The minimum atomic E-state index is -1.29. The summed E-state index contributed by atoms with van der Waals surface area (Å²) in [6.07, 6.45) is -6.16. The molecule has 1 fully saturated rings. The number of carbonyl (C=O) groups is 4. The Morgan fingerprint density at radius 1 is 0.735 bits per heavy atom. The molecule has 1 aliphatic rings. The van der Waals surface area contributed by atoms with Crippen molar-refractivity contribution in [3.05, 3.63) is 42.5 Å². The highest BCUT2D eigenvalue weighted by atomic mass is 16.7. The van der Waals surface area contributed by atoms with Crippen LogP contribution in [0.4, 0.5) is 0 Å². The van der Waals surface area contributed by atoms with Gasteiger partial charge in [0.1, 0.15) is 18.5 Å². The van der Waals surface area contributed by atoms with Gasteiger partial charge in [0.25, 0.3) is 0 Å². The standard InChI is InChI=1S/C24H26O10/c1-13(25)29-12-20-21(30-14(2)26)22(31-15(3)27)23(32-16(4)28)24(34-20)33-19-10-9-17-7-5-6-8-18(17)11-19/h5-11,20-24H,12H2,1-4H3/t20?,21-,22+,23+,24-/m1/s1. The molecule has 1 heterocycles. The molecule has 0 amide bonds. The molecule has 34 heavy (non-hydrogen) atoms. The molecule has 0 saturated carbocycles. The van der Waals surface area contributed by atoms with Crippen LogP contribution >= 0.6 is 0 Å². The molecule has 3 rings (SSSR count). The van der Waals surface area contributed by atoms with Gasteiger partial charge in [0, 0.05) is 27.7 Å². The second-order valence-corrected chi connectivity index (χ2v) is 7.69. The van der Waals surface area contributed by atoms with Crippen molar-refractivity contribution in [3.63, 3.8) is 0 Å². The lowest BCUT2D eigenvalue weighted by Crippen LogP contribution is -2.63. The van der Waals surface area contributed by atoms with Crippen LogP contribution in [0.3, 0.4) is 0 Å². The van der Waals surface area contributed by atoms with E-state index in [1.54, 1.807) is 12.1 Å². The Kier molecular flexibility index (Phi) is 8.06. The van der Waals surface area contributed by atoms with Crippen molar-refractivity contribution < 1.29 is 47.6 Å². The van der Waals surface area contributed by atoms with E-state index in [9.17, 15) is 19.2 Å². The Labute approximate surface area is 196 Å². The summed E-state index contributed by atoms with van der Waals surface area (Å²) in [7, 11) is 0. The number of rotatable bonds is 7. The third-order valence-corrected chi connectivity index (χ3v) is 4.92. The van der Waals surface area contributed by atoms with E-state index in [0.717, 1.165) is 24.6 Å². The van der Waals surface area contributed by atoms with Gasteiger partial charge in [-0.1, -0.05) is 30.3 Å². The van der Waals surface area contributed by atoms with Gasteiger partial charge in [-0.25, -0.2) is 0 Å². The molecule has 10 heteroatoms. The quantitative estimate of drug-likeness (QED) is 0.436. The Morgan fingerprint density at radius 3 is 1.94 bits per heavy atom. The zero-order valence-corrected chi connectivity index (χ0v) is 19.2. The van der Waals surface area contributed by atoms with Gasteiger partial charge in [0.15, 0.2) is 12.2 Å². The van der Waals surface area contributed by atoms with E-state index in [4.69, 9.17) is 28.4 Å². The fourth-order valence-electron chi connectivity index (χ4n) is 3.66. The molecule has 0 aliphatic carbocycles. The normalized spacial score (nSPS) is 24.1. The van der Waals surface area contributed by atoms with Gasteiger partial charge in [-0.2, -0.15) is 0 Å². The largest absolute Gasteiger partial charge is 0.463 e. The van der Waals surface area contributed by atoms with Crippen LogP contribution in [0.1, 0.15) is 27.7 Å². The second kappa shape index (κ2) is 11.0. The SMILES string of the molecule is CC(=O)OCC1O[C@@H](Oc2ccc3ccccc3c2)[C@@H](OC(C)=O)[C@@H](OC(C)=O)[C@@H]1OC(C)=O. The fraction of sp³-hybridized carbons (Fsp3) is 0.417. The molecule has 182 valence electrons. The average Bonchev–Trinajstić information content (AvgIpc) is 2.75. The first-order chi connectivity index (χ1) is 16.1. The van der Waals surface area contributed by atoms with Gasteiger partial charge in [-0.3, -0.25) is 19.2 Å². The molecule has 0 bridgehead atoms. The third kappa shape index (κ3) is 6.44. The molecule has 2 aromatic carbocycles. The van der Waals surface area contributed by atoms with Crippen LogP contribution in [0.15, 0.2) is 42.5 Å². The molecule has 0 radical (unpaired) electrons. The average molecular weight is 474 g/mol. The number of esters is 4. The predicted molar refractivity (Wildman–Crippen MR) is 117 cm³/mol. The Hall–Kier alpha value is -3.66. The highest BCUT2D eigenvalue weighted by molar-refractivity contribution is 5.83. The van der Waals surface area contributed by atoms with Crippen molar-refractivity contribution in [1.29, 1.82) is 0 Å². The molecule has 0 aromatic heterocycles. The van der Waals surface area contributed by atoms with Crippen LogP contribution in [0, 0.1) is 0 Å². The van der Waals surface area contributed by atoms with Crippen LogP contribution in [0.2, 0.25) is 0 Å². The maximum atomic E-state index is 11.9. The van der Waals surface area contributed by atoms with Gasteiger partial charge in [0.05, 0.1) is 0 Å². The zero-order valence-electron chi connectivity index (χ0n) is 19.2. The van der Waals surface area contributed by atoms with Crippen LogP contribution in [-0.2, 0) is 42.9 Å². The van der Waals surface area contributed by atoms with Gasteiger partial charge < -0.3 is 28.4 Å². The summed E-state index contributed by atoms with van der Waals surface area (Å²) >= 11 is 0. The van der Waals surface area contributed by atoms with E-state index in [2.05, 4.69) is 0 Å². The number of hydrogen-bond acceptors (Lipinski definition) is 10. The van der Waals surface area contributed by atoms with E-state index < -0.39 is 54.6 Å². The minimum Gasteiger partial charge on any atom is -0.463 e. The molecule has 0 spiro atoms. The maximum Gasteiger partial charge on any atom is 0.303 e. The predicted octanol–water partition coefficient (Wildman–Crippen LogP) is 2.30. The number of fused-ring (bicyclic) bond motifs is 1. The summed E-state index contributed by atoms with van der Waals surface area (Å²) in [4.78, 5) is 47.0. The highest BCUT2D eigenvalue weighted by Crippen LogP contribution is 2.31. The lowest BCUT2D eigenvalue weighted by atomic mass is 9.98. The van der Waals surface area contributed by atoms with Crippen molar-refractivity contribution in [1.82, 2.24) is 0 Å². The number of ether oxygens (including phenoxy) is 6. The summed E-state index contributed by atoms with van der Waals surface area (Å²) in [5, 5.41) is 1.88. The first-order valence-corrected chi connectivity index (χ1v) is 10.6. The summed E-state index contributed by atoms with van der Waals surface area (Å²) in [6.45, 7) is 4.37. The monoisotopic (exact) mass is 474 g/mol. The molecular weight excluding hydrogens is 448 g/mol. The highest BCUT2D eigenvalue weighted by Gasteiger charge is 2.53. The summed E-state index contributed by atoms with van der Waals surface area (Å²) < 4.78 is 33.1. The van der Waals surface area contributed by atoms with Gasteiger partial charge >= 0.3 is 23.9 Å². The van der Waals surface area contributed by atoms with Gasteiger partial charge in [-0.15, -0.1) is 0 Å². The molecule has 1 aliphatic heterocycles. The van der Waals surface area contributed by atoms with Gasteiger partial charge in [0.2, 0.25) is 12.4 Å². The van der Waals surface area contributed by atoms with E-state index in [1.165, 1.54) is 13.8 Å². The lowest BCUT2D eigenvalue weighted by molar-refractivity contribution is -0.288. The van der Waals surface area contributed by atoms with Crippen molar-refractivity contribution >= 4 is 34.6 Å². The molecule has 0 N–H and O–H groups in total. The van der Waals surface area contributed by atoms with E-state index >= 15 is 0 Å². The van der Waals surface area contributed by atoms with Crippen LogP contribution in [-0.4, -0.2) is 61.2 Å². The molecule has 1 unspecified atom stereocenters. The fourth-order valence-corrected chi connectivity index (χ4v) is 3.66. The molecular formula is C24H26O10. The number of benzene rings is 2. The zero-order chi connectivity index (χ0) is 24.8. The molecule has 10 nitrogen and oxygen atoms in total. The molecule has 2 aromatic rings. The van der Waals surface area contributed by atoms with Crippen molar-refractivity contribution in [2.75, 3.05) is 6.61 Å². The van der Waals surface area contributed by atoms with Crippen molar-refractivity contribution in [2.24, 2.45) is 0 Å². The first kappa shape index (κ1) is 25.0. The number of carbonyl (C=O) groups excluding carboxylic acids is 4. The van der Waals surface area contributed by atoms with Gasteiger partial charge in [-0.05, 0) is 22.9 Å². The van der Waals surface area contributed by atoms with E-state index in [1.807, 2.05) is 30.3 Å². The number of hydrogen-bond donors (Lipinski definition) is 0. The van der Waals surface area contributed by atoms with Crippen LogP contribution in [0.25, 0.3) is 10.8 Å². The van der Waals surface area contributed by atoms with Crippen molar-refractivity contribution in [2.45, 2.75) is 58.4 Å². The second-order valence-electron chi connectivity index (χ2n) is 7.69. The third-order valence-electron chi connectivity index (χ3n) is 4.92. The van der Waals surface area contributed by atoms with E-state index in [0.29, 0.717) is 5.75 Å². The smallest absolute Gasteiger partial charge is 0.303 e. The summed E-state index contributed by atoms with van der Waals surface area (Å²) in [6, 6.07) is 12.9. The summed E-state index contributed by atoms with van der Waals surface area (Å²) in [5.41, 5.74) is 0. The minimum absolute atomic E-state index is 0.324. The van der Waals surface area contributed by atoms with E-state index in [-0.39, 0.29) is 6.61 Å². The Balaban J connectivity index is 1.98. The topological polar surface area (TPSA) is 124 Å². The summed E-state index contributed by atoms with van der Waals surface area (Å²) in [5.74, 6) is -2.31. The maximum absolute atomic E-state index is 11.9. The molecule has 1 saturated heterocycles. The lowest BCUT2D eigenvalue weighted by Gasteiger charge is -2.43. The Bertz CT molecular complexity index is 1060. The first-order valence-electron chi connectivity index (χ1n) is 10.6.